The van der Waals surface area contributed by atoms with E-state index in [0.717, 1.165) is 5.41 Å². The lowest BCUT2D eigenvalue weighted by atomic mass is 10.2. The van der Waals surface area contributed by atoms with Gasteiger partial charge in [-0.3, -0.25) is 0 Å². The van der Waals surface area contributed by atoms with E-state index >= 15 is 0 Å². The fourth-order valence-electron chi connectivity index (χ4n) is 1.60. The first-order valence-corrected chi connectivity index (χ1v) is 7.77. The van der Waals surface area contributed by atoms with E-state index in [2.05, 4.69) is 0 Å². The highest BCUT2D eigenvalue weighted by Gasteiger charge is 2.13. The highest BCUT2D eigenvalue weighted by molar-refractivity contribution is 7.92. The van der Waals surface area contributed by atoms with Gasteiger partial charge in [-0.25, -0.2) is 13.2 Å². The fourth-order valence-corrected chi connectivity index (χ4v) is 2.19. The molecule has 0 spiro atoms. The molecular weight excluding hydrogens is 306 g/mol. The highest BCUT2D eigenvalue weighted by atomic mass is 32.2. The molecule has 2 aromatic rings. The average molecular weight is 319 g/mol. The standard InChI is InChI=1S/C15H13NO5S/c17-15(18)13-8-4-5-9-14(13)21-16-22(19,20)11-10-12-6-2-1-3-7-12/h1-11,16H,(H,17,18). The summed E-state index contributed by atoms with van der Waals surface area (Å²) in [6.45, 7) is 0. The first-order chi connectivity index (χ1) is 10.5. The number of aromatic carboxylic acids is 1. The van der Waals surface area contributed by atoms with Crippen molar-refractivity contribution in [1.82, 2.24) is 4.89 Å². The zero-order valence-corrected chi connectivity index (χ0v) is 12.2. The summed E-state index contributed by atoms with van der Waals surface area (Å²) in [5.74, 6) is -1.30. The number of nitrogens with one attached hydrogen (secondary N) is 1. The molecule has 0 aromatic heterocycles. The van der Waals surface area contributed by atoms with Crippen LogP contribution >= 0.6 is 0 Å². The van der Waals surface area contributed by atoms with Crippen LogP contribution in [0.4, 0.5) is 0 Å². The maximum atomic E-state index is 11.8. The van der Waals surface area contributed by atoms with Gasteiger partial charge < -0.3 is 9.94 Å². The van der Waals surface area contributed by atoms with Crippen molar-refractivity contribution >= 4 is 22.1 Å². The summed E-state index contributed by atoms with van der Waals surface area (Å²) in [5, 5.41) is 9.91. The molecule has 6 nitrogen and oxygen atoms in total. The minimum atomic E-state index is -3.87. The SMILES string of the molecule is O=C(O)c1ccccc1ONS(=O)(=O)C=Cc1ccccc1. The van der Waals surface area contributed by atoms with Crippen molar-refractivity contribution in [3.05, 3.63) is 71.1 Å². The zero-order valence-electron chi connectivity index (χ0n) is 11.3. The lowest BCUT2D eigenvalue weighted by Crippen LogP contribution is -2.25. The molecule has 0 bridgehead atoms. The Hall–Kier alpha value is -2.64. The number of para-hydroxylation sites is 1. The number of carbonyl (C=O) groups is 1. The molecule has 22 heavy (non-hydrogen) atoms. The number of benzene rings is 2. The van der Waals surface area contributed by atoms with E-state index in [1.807, 2.05) is 11.0 Å². The Morgan fingerprint density at radius 1 is 1.05 bits per heavy atom. The molecule has 0 saturated heterocycles. The Morgan fingerprint density at radius 2 is 1.68 bits per heavy atom. The van der Waals surface area contributed by atoms with Crippen molar-refractivity contribution in [3.63, 3.8) is 0 Å². The van der Waals surface area contributed by atoms with E-state index in [9.17, 15) is 13.2 Å². The summed E-state index contributed by atoms with van der Waals surface area (Å²) in [6.07, 6.45) is 1.40. The van der Waals surface area contributed by atoms with E-state index in [1.54, 1.807) is 24.3 Å². The van der Waals surface area contributed by atoms with Crippen molar-refractivity contribution in [3.8, 4) is 5.75 Å². The van der Waals surface area contributed by atoms with Crippen LogP contribution in [0.5, 0.6) is 5.75 Å². The van der Waals surface area contributed by atoms with E-state index in [4.69, 9.17) is 9.94 Å². The molecule has 114 valence electrons. The maximum absolute atomic E-state index is 11.8. The summed E-state index contributed by atoms with van der Waals surface area (Å²) in [4.78, 5) is 17.7. The van der Waals surface area contributed by atoms with Crippen LogP contribution in [0.3, 0.4) is 0 Å². The summed E-state index contributed by atoms with van der Waals surface area (Å²) in [5.41, 5.74) is 0.566. The molecular formula is C15H13NO5S. The normalized spacial score (nSPS) is 11.5. The molecule has 0 atom stereocenters. The molecule has 2 aromatic carbocycles. The lowest BCUT2D eigenvalue weighted by molar-refractivity contribution is 0.0690. The Labute approximate surface area is 127 Å². The van der Waals surface area contributed by atoms with Crippen LogP contribution in [-0.2, 0) is 10.0 Å². The van der Waals surface area contributed by atoms with Gasteiger partial charge in [-0.2, -0.15) is 0 Å². The van der Waals surface area contributed by atoms with Gasteiger partial charge in [0.25, 0.3) is 10.0 Å². The molecule has 0 aliphatic heterocycles. The monoisotopic (exact) mass is 319 g/mol. The molecule has 0 radical (unpaired) electrons. The van der Waals surface area contributed by atoms with E-state index in [-0.39, 0.29) is 11.3 Å². The molecule has 0 aliphatic carbocycles. The Balaban J connectivity index is 2.08. The highest BCUT2D eigenvalue weighted by Crippen LogP contribution is 2.17. The predicted molar refractivity (Wildman–Crippen MR) is 81.6 cm³/mol. The Kier molecular flexibility index (Phi) is 4.92. The third-order valence-electron chi connectivity index (χ3n) is 2.62. The number of hydrogen-bond donors (Lipinski definition) is 2. The van der Waals surface area contributed by atoms with Crippen LogP contribution in [0, 0.1) is 0 Å². The first kappa shape index (κ1) is 15.7. The van der Waals surface area contributed by atoms with Gasteiger partial charge >= 0.3 is 5.97 Å². The first-order valence-electron chi connectivity index (χ1n) is 6.22. The van der Waals surface area contributed by atoms with Crippen LogP contribution in [0.15, 0.2) is 60.0 Å². The van der Waals surface area contributed by atoms with Gasteiger partial charge in [-0.05, 0) is 28.7 Å². The minimum absolute atomic E-state index is 0.0910. The third kappa shape index (κ3) is 4.44. The van der Waals surface area contributed by atoms with Crippen LogP contribution in [-0.4, -0.2) is 19.5 Å². The van der Waals surface area contributed by atoms with Crippen molar-refractivity contribution in [2.24, 2.45) is 0 Å². The third-order valence-corrected chi connectivity index (χ3v) is 3.43. The van der Waals surface area contributed by atoms with Crippen LogP contribution in [0.1, 0.15) is 15.9 Å². The average Bonchev–Trinajstić information content (AvgIpc) is 2.52. The number of carboxylic acids is 1. The summed E-state index contributed by atoms with van der Waals surface area (Å²) in [6, 6.07) is 14.6. The Morgan fingerprint density at radius 3 is 2.36 bits per heavy atom. The van der Waals surface area contributed by atoms with Gasteiger partial charge in [0.15, 0.2) is 5.75 Å². The van der Waals surface area contributed by atoms with E-state index in [0.29, 0.717) is 5.56 Å². The molecule has 0 heterocycles. The van der Waals surface area contributed by atoms with Gasteiger partial charge in [0.05, 0.1) is 0 Å². The Bertz CT molecular complexity index is 785. The molecule has 2 N–H and O–H groups in total. The zero-order chi connectivity index (χ0) is 16.0. The number of rotatable bonds is 6. The largest absolute Gasteiger partial charge is 0.478 e. The number of hydrogen-bond acceptors (Lipinski definition) is 4. The van der Waals surface area contributed by atoms with Crippen LogP contribution in [0.2, 0.25) is 0 Å². The molecule has 0 saturated carbocycles. The second-order valence-corrected chi connectivity index (χ2v) is 5.77. The molecule has 0 unspecified atom stereocenters. The lowest BCUT2D eigenvalue weighted by Gasteiger charge is -2.07. The second-order valence-electron chi connectivity index (χ2n) is 4.25. The quantitative estimate of drug-likeness (QED) is 0.797. The van der Waals surface area contributed by atoms with Gasteiger partial charge in [0, 0.05) is 5.41 Å². The van der Waals surface area contributed by atoms with E-state index in [1.165, 1.54) is 30.3 Å². The van der Waals surface area contributed by atoms with Crippen LogP contribution in [0.25, 0.3) is 6.08 Å². The van der Waals surface area contributed by atoms with Crippen molar-refractivity contribution in [2.45, 2.75) is 0 Å². The molecule has 0 fully saturated rings. The number of carboxylic acid groups (broad SMARTS) is 1. The minimum Gasteiger partial charge on any atom is -0.478 e. The topological polar surface area (TPSA) is 92.7 Å². The maximum Gasteiger partial charge on any atom is 0.339 e. The summed E-state index contributed by atoms with van der Waals surface area (Å²) >= 11 is 0. The van der Waals surface area contributed by atoms with Gasteiger partial charge in [-0.1, -0.05) is 42.5 Å². The molecule has 2 rings (SSSR count). The van der Waals surface area contributed by atoms with Gasteiger partial charge in [0.1, 0.15) is 5.56 Å². The fraction of sp³-hybridized carbons (Fsp3) is 0. The van der Waals surface area contributed by atoms with Gasteiger partial charge in [-0.15, -0.1) is 0 Å². The van der Waals surface area contributed by atoms with Crippen molar-refractivity contribution < 1.29 is 23.2 Å². The number of sulfonamides is 1. The molecule has 0 amide bonds. The van der Waals surface area contributed by atoms with Crippen molar-refractivity contribution in [1.29, 1.82) is 0 Å². The summed E-state index contributed by atoms with van der Waals surface area (Å²) < 4.78 is 23.6. The smallest absolute Gasteiger partial charge is 0.339 e. The van der Waals surface area contributed by atoms with Gasteiger partial charge in [0.2, 0.25) is 0 Å². The van der Waals surface area contributed by atoms with E-state index < -0.39 is 16.0 Å². The summed E-state index contributed by atoms with van der Waals surface area (Å²) in [7, 11) is -3.87. The second kappa shape index (κ2) is 6.88. The predicted octanol–water partition coefficient (Wildman–Crippen LogP) is 2.27. The van der Waals surface area contributed by atoms with Crippen LogP contribution < -0.4 is 9.72 Å². The molecule has 7 heteroatoms. The van der Waals surface area contributed by atoms with Crippen molar-refractivity contribution in [2.75, 3.05) is 0 Å². The molecule has 0 aliphatic rings.